The van der Waals surface area contributed by atoms with Gasteiger partial charge >= 0.3 is 0 Å². The third-order valence-electron chi connectivity index (χ3n) is 14.5. The second-order valence-electron chi connectivity index (χ2n) is 26.6. The minimum absolute atomic E-state index is 0.205. The SMILES string of the molecule is Cc1nnc(SCCCCOc2c3cc(C(C)(C)C)cc2Sc2cc(C(C)(C)C)cc(c2OCCCCSc2nnc(C)s2)Sc2cc(C(C)(C)C)cc(c2OCCCCSc2nnc(C)s2)Sc2cc(C(C)(C)C)cc(c2OCCCCSc2nnc(C)s2)S3)s1. The van der Waals surface area contributed by atoms with Gasteiger partial charge in [0.2, 0.25) is 0 Å². The highest BCUT2D eigenvalue weighted by Gasteiger charge is 2.31. The van der Waals surface area contributed by atoms with Crippen LogP contribution in [-0.2, 0) is 21.7 Å². The average Bonchev–Trinajstić information content (AvgIpc) is 0.945. The van der Waals surface area contributed by atoms with Gasteiger partial charge in [-0.3, -0.25) is 0 Å². The number of fused-ring (bicyclic) bond motifs is 8. The van der Waals surface area contributed by atoms with Gasteiger partial charge in [-0.05, 0) is 172 Å². The highest BCUT2D eigenvalue weighted by atomic mass is 32.2. The van der Waals surface area contributed by atoms with Gasteiger partial charge in [-0.25, -0.2) is 0 Å². The summed E-state index contributed by atoms with van der Waals surface area (Å²) in [5.74, 6) is 7.22. The van der Waals surface area contributed by atoms with Crippen LogP contribution in [0.15, 0.2) is 105 Å². The van der Waals surface area contributed by atoms with Gasteiger partial charge in [-0.1, -0.05) is 223 Å². The number of ether oxygens (including phenoxy) is 4. The van der Waals surface area contributed by atoms with Crippen LogP contribution in [0.4, 0.5) is 0 Å². The first kappa shape index (κ1) is 73.4. The molecular formula is C68H88N8O4S12. The Bertz CT molecular complexity index is 3150. The van der Waals surface area contributed by atoms with Crippen molar-refractivity contribution in [3.05, 3.63) is 90.8 Å². The van der Waals surface area contributed by atoms with Gasteiger partial charge in [-0.2, -0.15) is 0 Å². The topological polar surface area (TPSA) is 140 Å². The van der Waals surface area contributed by atoms with Crippen molar-refractivity contribution in [2.24, 2.45) is 0 Å². The second kappa shape index (κ2) is 33.6. The van der Waals surface area contributed by atoms with E-state index in [0.717, 1.165) is 174 Å². The third kappa shape index (κ3) is 21.6. The van der Waals surface area contributed by atoms with Crippen LogP contribution in [0.2, 0.25) is 0 Å². The van der Waals surface area contributed by atoms with E-state index in [4.69, 9.17) is 18.9 Å². The zero-order valence-electron chi connectivity index (χ0n) is 56.0. The summed E-state index contributed by atoms with van der Waals surface area (Å²) in [4.78, 5) is 8.40. The van der Waals surface area contributed by atoms with E-state index in [2.05, 4.69) is 172 Å². The fourth-order valence-corrected chi connectivity index (χ4v) is 21.5. The molecule has 92 heavy (non-hydrogen) atoms. The highest BCUT2D eigenvalue weighted by molar-refractivity contribution is 8.02. The molecule has 12 nitrogen and oxygen atoms in total. The molecule has 0 atom stereocenters. The van der Waals surface area contributed by atoms with Gasteiger partial charge < -0.3 is 18.9 Å². The minimum atomic E-state index is -0.205. The first-order valence-corrected chi connectivity index (χ1v) is 41.9. The summed E-state index contributed by atoms with van der Waals surface area (Å²) >= 11 is 20.8. The van der Waals surface area contributed by atoms with Crippen LogP contribution in [0.25, 0.3) is 0 Å². The molecule has 0 unspecified atom stereocenters. The molecule has 4 aromatic heterocycles. The monoisotopic (exact) mass is 1460 g/mol. The van der Waals surface area contributed by atoms with Crippen molar-refractivity contribution in [1.29, 1.82) is 0 Å². The first-order chi connectivity index (χ1) is 43.7. The van der Waals surface area contributed by atoms with E-state index >= 15 is 0 Å². The molecule has 0 fully saturated rings. The molecule has 0 saturated heterocycles. The van der Waals surface area contributed by atoms with Crippen molar-refractivity contribution in [1.82, 2.24) is 40.8 Å². The highest BCUT2D eigenvalue weighted by Crippen LogP contribution is 2.57. The van der Waals surface area contributed by atoms with E-state index in [1.54, 1.807) is 139 Å². The zero-order valence-corrected chi connectivity index (χ0v) is 65.8. The molecule has 0 N–H and O–H groups in total. The van der Waals surface area contributed by atoms with Crippen LogP contribution in [0.3, 0.4) is 0 Å². The van der Waals surface area contributed by atoms with Crippen molar-refractivity contribution in [2.45, 2.75) is 240 Å². The lowest BCUT2D eigenvalue weighted by Gasteiger charge is -2.28. The van der Waals surface area contributed by atoms with Gasteiger partial charge in [0.15, 0.2) is 17.4 Å². The molecule has 4 aromatic carbocycles. The van der Waals surface area contributed by atoms with Crippen LogP contribution in [0.5, 0.6) is 23.0 Å². The number of hydrogen-bond donors (Lipinski definition) is 0. The smallest absolute Gasteiger partial charge is 0.174 e. The number of benzene rings is 4. The van der Waals surface area contributed by atoms with Crippen molar-refractivity contribution in [3.8, 4) is 23.0 Å². The maximum atomic E-state index is 7.35. The van der Waals surface area contributed by atoms with Gasteiger partial charge in [-0.15, -0.1) is 40.8 Å². The largest absolute Gasteiger partial charge is 0.491 e. The Morgan fingerprint density at radius 2 is 0.467 bits per heavy atom. The molecule has 496 valence electrons. The number of hydrogen-bond acceptors (Lipinski definition) is 24. The molecule has 5 heterocycles. The van der Waals surface area contributed by atoms with Crippen molar-refractivity contribution in [3.63, 3.8) is 0 Å². The quantitative estimate of drug-likeness (QED) is 0.0339. The molecule has 0 amide bonds. The summed E-state index contributed by atoms with van der Waals surface area (Å²) < 4.78 is 33.4. The molecule has 1 aliphatic rings. The van der Waals surface area contributed by atoms with Crippen molar-refractivity contribution < 1.29 is 18.9 Å². The number of unbranched alkanes of at least 4 members (excludes halogenated alkanes) is 4. The molecule has 8 aromatic rings. The summed E-state index contributed by atoms with van der Waals surface area (Å²) in [5.41, 5.74) is 4.06. The predicted molar refractivity (Wildman–Crippen MR) is 397 cm³/mol. The molecular weight excluding hydrogens is 1380 g/mol. The normalized spacial score (nSPS) is 13.0. The Morgan fingerprint density at radius 3 is 0.620 bits per heavy atom. The Hall–Kier alpha value is -2.88. The predicted octanol–water partition coefficient (Wildman–Crippen LogP) is 22.2. The van der Waals surface area contributed by atoms with E-state index < -0.39 is 0 Å². The van der Waals surface area contributed by atoms with Crippen molar-refractivity contribution in [2.75, 3.05) is 49.4 Å². The van der Waals surface area contributed by atoms with Crippen LogP contribution < -0.4 is 18.9 Å². The van der Waals surface area contributed by atoms with E-state index in [-0.39, 0.29) is 21.7 Å². The number of rotatable bonds is 28. The van der Waals surface area contributed by atoms with Gasteiger partial charge in [0.25, 0.3) is 0 Å². The lowest BCUT2D eigenvalue weighted by atomic mass is 9.87. The number of nitrogens with zero attached hydrogens (tertiary/aromatic N) is 8. The maximum absolute atomic E-state index is 7.35. The molecule has 8 bridgehead atoms. The summed E-state index contributed by atoms with van der Waals surface area (Å²) in [6.45, 7) is 38.0. The molecule has 0 aliphatic carbocycles. The lowest BCUT2D eigenvalue weighted by molar-refractivity contribution is 0.292. The van der Waals surface area contributed by atoms with Gasteiger partial charge in [0, 0.05) is 23.0 Å². The summed E-state index contributed by atoms with van der Waals surface area (Å²) in [6.07, 6.45) is 7.37. The van der Waals surface area contributed by atoms with Gasteiger partial charge in [0.1, 0.15) is 43.0 Å². The summed E-state index contributed by atoms with van der Waals surface area (Å²) in [7, 11) is 0. The molecule has 0 saturated carbocycles. The molecule has 0 radical (unpaired) electrons. The Balaban J connectivity index is 1.21. The van der Waals surface area contributed by atoms with Crippen LogP contribution >= 0.6 is 139 Å². The number of aromatic nitrogens is 8. The van der Waals surface area contributed by atoms with Crippen LogP contribution in [-0.4, -0.2) is 90.2 Å². The lowest BCUT2D eigenvalue weighted by Crippen LogP contribution is -2.14. The zero-order chi connectivity index (χ0) is 65.8. The Kier molecular flexibility index (Phi) is 26.8. The van der Waals surface area contributed by atoms with Crippen LogP contribution in [0.1, 0.15) is 177 Å². The average molecular weight is 1470 g/mol. The fraction of sp³-hybridized carbons (Fsp3) is 0.529. The van der Waals surface area contributed by atoms with Crippen LogP contribution in [0, 0.1) is 27.7 Å². The summed E-state index contributed by atoms with van der Waals surface area (Å²) in [6, 6.07) is 19.1. The molecule has 1 aliphatic heterocycles. The fourth-order valence-electron chi connectivity index (χ4n) is 9.19. The maximum Gasteiger partial charge on any atom is 0.174 e. The number of thioether (sulfide) groups is 4. The third-order valence-corrected chi connectivity index (χ3v) is 26.9. The summed E-state index contributed by atoms with van der Waals surface area (Å²) in [5, 5.41) is 38.6. The molecule has 0 spiro atoms. The van der Waals surface area contributed by atoms with Crippen molar-refractivity contribution >= 4 is 139 Å². The van der Waals surface area contributed by atoms with E-state index in [9.17, 15) is 0 Å². The van der Waals surface area contributed by atoms with Gasteiger partial charge in [0.05, 0.1) is 65.6 Å². The van der Waals surface area contributed by atoms with E-state index in [1.807, 2.05) is 27.7 Å². The Morgan fingerprint density at radius 1 is 0.283 bits per heavy atom. The number of aryl methyl sites for hydroxylation is 4. The molecule has 24 heteroatoms. The Labute approximate surface area is 597 Å². The molecule has 9 rings (SSSR count). The standard InChI is InChI=1S/C68H88N8O4S12/c1-41-69-73-61(85-41)81-29-21-17-25-77-57-49-33-45(65(5,6)7)34-50(57)90-52-36-47(67(11,12)13)38-54(59(52)79-27-19-23-31-83-63-75-71-43(3)87-63)92-56-40-48(68(14,15)16)39-55(60(56)80-28-20-24-32-84-64-76-72-44(4)88-64)91-53-37-46(66(8,9)10)35-51(89-49)58(53)78-26-18-22-30-82-62-74-70-42(2)86-62/h33-40H,17-32H2,1-16H3. The minimum Gasteiger partial charge on any atom is -0.491 e. The second-order valence-corrected chi connectivity index (χ2v) is 41.0. The first-order valence-electron chi connectivity index (χ1n) is 31.4. The van der Waals surface area contributed by atoms with E-state index in [1.165, 1.54) is 22.3 Å². The van der Waals surface area contributed by atoms with E-state index in [0.29, 0.717) is 26.4 Å².